The minimum absolute atomic E-state index is 0.0319. The average molecular weight is 293 g/mol. The van der Waals surface area contributed by atoms with Crippen LogP contribution in [-0.2, 0) is 4.79 Å². The summed E-state index contributed by atoms with van der Waals surface area (Å²) in [5.74, 6) is -0.0319. The molecule has 0 aromatic carbocycles. The summed E-state index contributed by atoms with van der Waals surface area (Å²) in [6.07, 6.45) is 3.45. The molecule has 0 saturated heterocycles. The van der Waals surface area contributed by atoms with Gasteiger partial charge in [0.05, 0.1) is 10.9 Å². The second kappa shape index (κ2) is 6.16. The molecule has 2 heterocycles. The number of aryl methyl sites for hydroxylation is 2. The third kappa shape index (κ3) is 3.78. The minimum atomic E-state index is -0.174. The van der Waals surface area contributed by atoms with Gasteiger partial charge in [0.2, 0.25) is 5.91 Å². The van der Waals surface area contributed by atoms with Gasteiger partial charge in [-0.2, -0.15) is 0 Å². The van der Waals surface area contributed by atoms with Crippen molar-refractivity contribution in [1.82, 2.24) is 9.97 Å². The number of nitrogens with one attached hydrogen (secondary N) is 1. The van der Waals surface area contributed by atoms with E-state index >= 15 is 0 Å². The lowest BCUT2D eigenvalue weighted by molar-refractivity contribution is -0.115. The molecule has 4 nitrogen and oxygen atoms in total. The number of hydrogen-bond donors (Lipinski definition) is 1. The molecule has 6 heteroatoms. The first-order valence-electron chi connectivity index (χ1n) is 5.88. The summed E-state index contributed by atoms with van der Waals surface area (Å²) >= 11 is 3.01. The van der Waals surface area contributed by atoms with Crippen molar-refractivity contribution in [2.45, 2.75) is 30.9 Å². The zero-order valence-electron chi connectivity index (χ0n) is 11.0. The van der Waals surface area contributed by atoms with E-state index in [0.29, 0.717) is 5.13 Å². The molecule has 0 aliphatic rings. The zero-order chi connectivity index (χ0) is 13.8. The van der Waals surface area contributed by atoms with Gasteiger partial charge in [-0.25, -0.2) is 4.98 Å². The Kier molecular flexibility index (Phi) is 4.55. The molecule has 2 aromatic heterocycles. The van der Waals surface area contributed by atoms with Crippen LogP contribution in [0.25, 0.3) is 0 Å². The average Bonchev–Trinajstić information content (AvgIpc) is 2.69. The Hall–Kier alpha value is -1.40. The largest absolute Gasteiger partial charge is 0.301 e. The number of nitrogens with zero attached hydrogens (tertiary/aromatic N) is 2. The van der Waals surface area contributed by atoms with E-state index in [2.05, 4.69) is 15.3 Å². The van der Waals surface area contributed by atoms with Crippen molar-refractivity contribution in [2.75, 3.05) is 5.32 Å². The molecule has 1 N–H and O–H groups in total. The predicted octanol–water partition coefficient (Wildman–Crippen LogP) is 3.27. The van der Waals surface area contributed by atoms with E-state index in [4.69, 9.17) is 0 Å². The van der Waals surface area contributed by atoms with Crippen LogP contribution < -0.4 is 5.32 Å². The molecule has 0 radical (unpaired) electrons. The number of anilines is 1. The molecule has 1 atom stereocenters. The van der Waals surface area contributed by atoms with Crippen LogP contribution in [0.3, 0.4) is 0 Å². The topological polar surface area (TPSA) is 54.9 Å². The van der Waals surface area contributed by atoms with Crippen LogP contribution in [-0.4, -0.2) is 21.1 Å². The summed E-state index contributed by atoms with van der Waals surface area (Å²) in [6, 6.07) is 3.79. The normalized spacial score (nSPS) is 12.2. The van der Waals surface area contributed by atoms with Crippen molar-refractivity contribution >= 4 is 34.1 Å². The fourth-order valence-corrected chi connectivity index (χ4v) is 3.08. The Bertz CT molecular complexity index is 549. The quantitative estimate of drug-likeness (QED) is 0.879. The van der Waals surface area contributed by atoms with Gasteiger partial charge < -0.3 is 5.32 Å². The molecule has 0 spiro atoms. The number of pyridine rings is 1. The van der Waals surface area contributed by atoms with E-state index < -0.39 is 0 Å². The molecule has 100 valence electrons. The summed E-state index contributed by atoms with van der Waals surface area (Å²) in [7, 11) is 0. The maximum absolute atomic E-state index is 12.1. The summed E-state index contributed by atoms with van der Waals surface area (Å²) in [5.41, 5.74) is 0.967. The standard InChI is InChI=1S/C13H15N3OS2/c1-8-9(2)19-13(15-8)16-12(17)10(3)18-11-4-6-14-7-5-11/h4-7,10H,1-3H3,(H,15,16,17). The van der Waals surface area contributed by atoms with Crippen LogP contribution in [0, 0.1) is 13.8 Å². The summed E-state index contributed by atoms with van der Waals surface area (Å²) in [4.78, 5) is 22.5. The fourth-order valence-electron chi connectivity index (χ4n) is 1.41. The number of amides is 1. The van der Waals surface area contributed by atoms with Crippen LogP contribution in [0.4, 0.5) is 5.13 Å². The Morgan fingerprint density at radius 1 is 1.37 bits per heavy atom. The van der Waals surface area contributed by atoms with Gasteiger partial charge in [-0.3, -0.25) is 9.78 Å². The summed E-state index contributed by atoms with van der Waals surface area (Å²) in [5, 5.41) is 3.35. The van der Waals surface area contributed by atoms with E-state index in [1.165, 1.54) is 23.1 Å². The van der Waals surface area contributed by atoms with E-state index in [9.17, 15) is 4.79 Å². The van der Waals surface area contributed by atoms with Crippen LogP contribution in [0.1, 0.15) is 17.5 Å². The van der Waals surface area contributed by atoms with Gasteiger partial charge >= 0.3 is 0 Å². The van der Waals surface area contributed by atoms with Crippen LogP contribution in [0.5, 0.6) is 0 Å². The zero-order valence-corrected chi connectivity index (χ0v) is 12.6. The summed E-state index contributed by atoms with van der Waals surface area (Å²) in [6.45, 7) is 5.82. The molecule has 0 aliphatic heterocycles. The number of aromatic nitrogens is 2. The molecule has 0 saturated carbocycles. The Balaban J connectivity index is 1.96. The van der Waals surface area contributed by atoms with E-state index in [0.717, 1.165) is 15.5 Å². The lowest BCUT2D eigenvalue weighted by Crippen LogP contribution is -2.22. The molecule has 2 aromatic rings. The Labute approximate surface area is 120 Å². The maximum Gasteiger partial charge on any atom is 0.239 e. The second-order valence-electron chi connectivity index (χ2n) is 4.09. The molecular weight excluding hydrogens is 278 g/mol. The number of rotatable bonds is 4. The lowest BCUT2D eigenvalue weighted by Gasteiger charge is -2.09. The first kappa shape index (κ1) is 14.0. The molecule has 1 unspecified atom stereocenters. The number of thiazole rings is 1. The molecule has 0 aliphatic carbocycles. The third-order valence-electron chi connectivity index (χ3n) is 2.59. The monoisotopic (exact) mass is 293 g/mol. The smallest absolute Gasteiger partial charge is 0.239 e. The van der Waals surface area contributed by atoms with Crippen LogP contribution in [0.15, 0.2) is 29.4 Å². The van der Waals surface area contributed by atoms with Crippen molar-refractivity contribution in [3.05, 3.63) is 35.1 Å². The van der Waals surface area contributed by atoms with Gasteiger partial charge in [0.25, 0.3) is 0 Å². The molecule has 2 rings (SSSR count). The number of hydrogen-bond acceptors (Lipinski definition) is 5. The van der Waals surface area contributed by atoms with E-state index in [1.807, 2.05) is 32.9 Å². The van der Waals surface area contributed by atoms with Crippen molar-refractivity contribution in [2.24, 2.45) is 0 Å². The number of thioether (sulfide) groups is 1. The lowest BCUT2D eigenvalue weighted by atomic mass is 10.4. The van der Waals surface area contributed by atoms with Gasteiger partial charge in [-0.1, -0.05) is 0 Å². The van der Waals surface area contributed by atoms with Gasteiger partial charge in [0, 0.05) is 22.2 Å². The fraction of sp³-hybridized carbons (Fsp3) is 0.308. The highest BCUT2D eigenvalue weighted by molar-refractivity contribution is 8.00. The van der Waals surface area contributed by atoms with Crippen molar-refractivity contribution < 1.29 is 4.79 Å². The highest BCUT2D eigenvalue weighted by Crippen LogP contribution is 2.25. The molecule has 0 fully saturated rings. The van der Waals surface area contributed by atoms with Gasteiger partial charge in [-0.15, -0.1) is 23.1 Å². The number of carbonyl (C=O) groups is 1. The minimum Gasteiger partial charge on any atom is -0.301 e. The third-order valence-corrected chi connectivity index (χ3v) is 4.69. The van der Waals surface area contributed by atoms with Crippen LogP contribution >= 0.6 is 23.1 Å². The second-order valence-corrected chi connectivity index (χ2v) is 6.71. The Morgan fingerprint density at radius 2 is 2.05 bits per heavy atom. The van der Waals surface area contributed by atoms with Gasteiger partial charge in [0.1, 0.15) is 0 Å². The highest BCUT2D eigenvalue weighted by atomic mass is 32.2. The molecule has 1 amide bonds. The molecule has 19 heavy (non-hydrogen) atoms. The molecular formula is C13H15N3OS2. The highest BCUT2D eigenvalue weighted by Gasteiger charge is 2.16. The predicted molar refractivity (Wildman–Crippen MR) is 79.8 cm³/mol. The first-order chi connectivity index (χ1) is 9.06. The molecule has 0 bridgehead atoms. The number of carbonyl (C=O) groups excluding carboxylic acids is 1. The van der Waals surface area contributed by atoms with Gasteiger partial charge in [-0.05, 0) is 32.9 Å². The van der Waals surface area contributed by atoms with Crippen molar-refractivity contribution in [3.63, 3.8) is 0 Å². The summed E-state index contributed by atoms with van der Waals surface area (Å²) < 4.78 is 0. The SMILES string of the molecule is Cc1nc(NC(=O)C(C)Sc2ccncc2)sc1C. The Morgan fingerprint density at radius 3 is 2.63 bits per heavy atom. The van der Waals surface area contributed by atoms with Crippen molar-refractivity contribution in [3.8, 4) is 0 Å². The van der Waals surface area contributed by atoms with Gasteiger partial charge in [0.15, 0.2) is 5.13 Å². The van der Waals surface area contributed by atoms with Crippen molar-refractivity contribution in [1.29, 1.82) is 0 Å². The first-order valence-corrected chi connectivity index (χ1v) is 7.57. The maximum atomic E-state index is 12.1. The van der Waals surface area contributed by atoms with Crippen LogP contribution in [0.2, 0.25) is 0 Å². The van der Waals surface area contributed by atoms with E-state index in [1.54, 1.807) is 12.4 Å². The van der Waals surface area contributed by atoms with E-state index in [-0.39, 0.29) is 11.2 Å².